The quantitative estimate of drug-likeness (QED) is 0.745. The summed E-state index contributed by atoms with van der Waals surface area (Å²) in [5.74, 6) is 0.108. The molecule has 1 amide bonds. The summed E-state index contributed by atoms with van der Waals surface area (Å²) in [6, 6.07) is 5.36. The number of imidazole rings is 1. The Kier molecular flexibility index (Phi) is 3.94. The summed E-state index contributed by atoms with van der Waals surface area (Å²) in [5.41, 5.74) is 2.32. The number of fused-ring (bicyclic) bond motifs is 1. The Morgan fingerprint density at radius 3 is 3.17 bits per heavy atom. The molecule has 0 unspecified atom stereocenters. The maximum Gasteiger partial charge on any atom is 0.251 e. The molecule has 2 rings (SSSR count). The van der Waals surface area contributed by atoms with E-state index in [1.807, 2.05) is 13.0 Å². The van der Waals surface area contributed by atoms with Gasteiger partial charge < -0.3 is 15.4 Å². The highest BCUT2D eigenvalue weighted by Crippen LogP contribution is 2.11. The molecule has 1 aromatic heterocycles. The second kappa shape index (κ2) is 5.64. The Hall–Kier alpha value is -1.88. The molecule has 0 radical (unpaired) electrons. The number of amides is 1. The van der Waals surface area contributed by atoms with Crippen LogP contribution in [0.1, 0.15) is 23.7 Å². The average molecular weight is 247 g/mol. The van der Waals surface area contributed by atoms with Gasteiger partial charge in [-0.05, 0) is 30.5 Å². The van der Waals surface area contributed by atoms with Crippen molar-refractivity contribution in [3.05, 3.63) is 30.1 Å². The molecule has 5 heteroatoms. The third kappa shape index (κ3) is 2.87. The number of benzene rings is 1. The first-order chi connectivity index (χ1) is 8.70. The Morgan fingerprint density at radius 1 is 1.56 bits per heavy atom. The van der Waals surface area contributed by atoms with Crippen LogP contribution in [0.3, 0.4) is 0 Å². The molecule has 18 heavy (non-hydrogen) atoms. The first-order valence-electron chi connectivity index (χ1n) is 6.03. The van der Waals surface area contributed by atoms with Crippen molar-refractivity contribution in [1.82, 2.24) is 15.3 Å². The Labute approximate surface area is 105 Å². The Balaban J connectivity index is 1.95. The van der Waals surface area contributed by atoms with Gasteiger partial charge in [-0.25, -0.2) is 4.98 Å². The van der Waals surface area contributed by atoms with Gasteiger partial charge in [-0.3, -0.25) is 4.79 Å². The number of H-pyrrole nitrogens is 1. The van der Waals surface area contributed by atoms with Crippen LogP contribution in [-0.4, -0.2) is 34.1 Å². The molecule has 5 nitrogen and oxygen atoms in total. The fourth-order valence-electron chi connectivity index (χ4n) is 1.70. The number of nitrogens with zero attached hydrogens (tertiary/aromatic N) is 1. The molecule has 3 N–H and O–H groups in total. The molecule has 0 aliphatic carbocycles. The van der Waals surface area contributed by atoms with Gasteiger partial charge in [-0.1, -0.05) is 6.92 Å². The minimum atomic E-state index is -0.100. The molecule has 0 aliphatic rings. The average Bonchev–Trinajstić information content (AvgIpc) is 2.85. The summed E-state index contributed by atoms with van der Waals surface area (Å²) in [7, 11) is 0. The molecule has 0 spiro atoms. The van der Waals surface area contributed by atoms with Crippen LogP contribution in [0.5, 0.6) is 0 Å². The standard InChI is InChI=1S/C13H17N3O2/c1-9(7-17)4-5-14-13(18)10-2-3-11-12(6-10)16-8-15-11/h2-3,6,8-9,17H,4-5,7H2,1H3,(H,14,18)(H,15,16)/t9-/m1/s1. The predicted octanol–water partition coefficient (Wildman–Crippen LogP) is 1.31. The number of rotatable bonds is 5. The van der Waals surface area contributed by atoms with E-state index in [-0.39, 0.29) is 18.4 Å². The predicted molar refractivity (Wildman–Crippen MR) is 69.3 cm³/mol. The van der Waals surface area contributed by atoms with Crippen molar-refractivity contribution in [1.29, 1.82) is 0 Å². The van der Waals surface area contributed by atoms with Crippen LogP contribution in [0.25, 0.3) is 11.0 Å². The van der Waals surface area contributed by atoms with Crippen LogP contribution in [0.4, 0.5) is 0 Å². The van der Waals surface area contributed by atoms with E-state index in [1.165, 1.54) is 0 Å². The molecular weight excluding hydrogens is 230 g/mol. The Morgan fingerprint density at radius 2 is 2.39 bits per heavy atom. The highest BCUT2D eigenvalue weighted by molar-refractivity contribution is 5.97. The molecule has 0 aliphatic heterocycles. The van der Waals surface area contributed by atoms with Crippen LogP contribution in [0.15, 0.2) is 24.5 Å². The number of nitrogens with one attached hydrogen (secondary N) is 2. The van der Waals surface area contributed by atoms with Gasteiger partial charge in [0.15, 0.2) is 0 Å². The Bertz CT molecular complexity index is 536. The van der Waals surface area contributed by atoms with Crippen LogP contribution in [0.2, 0.25) is 0 Å². The first kappa shape index (κ1) is 12.6. The third-order valence-corrected chi connectivity index (χ3v) is 2.92. The van der Waals surface area contributed by atoms with Crippen molar-refractivity contribution in [3.8, 4) is 0 Å². The molecule has 2 aromatic rings. The van der Waals surface area contributed by atoms with E-state index in [4.69, 9.17) is 5.11 Å². The maximum atomic E-state index is 11.9. The number of carbonyl (C=O) groups is 1. The fraction of sp³-hybridized carbons (Fsp3) is 0.385. The van der Waals surface area contributed by atoms with E-state index < -0.39 is 0 Å². The number of aromatic amines is 1. The number of hydrogen-bond acceptors (Lipinski definition) is 3. The number of aromatic nitrogens is 2. The molecule has 0 saturated carbocycles. The summed E-state index contributed by atoms with van der Waals surface area (Å²) in [5, 5.41) is 11.7. The van der Waals surface area contributed by atoms with Crippen molar-refractivity contribution in [3.63, 3.8) is 0 Å². The van der Waals surface area contributed by atoms with Crippen molar-refractivity contribution >= 4 is 16.9 Å². The van der Waals surface area contributed by atoms with E-state index in [0.29, 0.717) is 12.1 Å². The van der Waals surface area contributed by atoms with E-state index in [2.05, 4.69) is 15.3 Å². The highest BCUT2D eigenvalue weighted by Gasteiger charge is 2.07. The number of carbonyl (C=O) groups excluding carboxylic acids is 1. The summed E-state index contributed by atoms with van der Waals surface area (Å²) in [6.07, 6.45) is 2.38. The zero-order valence-corrected chi connectivity index (χ0v) is 10.3. The molecule has 1 heterocycles. The summed E-state index contributed by atoms with van der Waals surface area (Å²) >= 11 is 0. The summed E-state index contributed by atoms with van der Waals surface area (Å²) in [4.78, 5) is 18.9. The number of aliphatic hydroxyl groups excluding tert-OH is 1. The molecule has 1 aromatic carbocycles. The summed E-state index contributed by atoms with van der Waals surface area (Å²) < 4.78 is 0. The van der Waals surface area contributed by atoms with E-state index in [0.717, 1.165) is 17.5 Å². The first-order valence-corrected chi connectivity index (χ1v) is 6.03. The third-order valence-electron chi connectivity index (χ3n) is 2.92. The lowest BCUT2D eigenvalue weighted by atomic mass is 10.1. The van der Waals surface area contributed by atoms with E-state index >= 15 is 0 Å². The lowest BCUT2D eigenvalue weighted by Crippen LogP contribution is -2.26. The normalized spacial score (nSPS) is 12.6. The van der Waals surface area contributed by atoms with Gasteiger partial charge >= 0.3 is 0 Å². The number of aliphatic hydroxyl groups is 1. The van der Waals surface area contributed by atoms with Gasteiger partial charge in [0.25, 0.3) is 5.91 Å². The highest BCUT2D eigenvalue weighted by atomic mass is 16.3. The van der Waals surface area contributed by atoms with Gasteiger partial charge in [-0.15, -0.1) is 0 Å². The largest absolute Gasteiger partial charge is 0.396 e. The maximum absolute atomic E-state index is 11.9. The van der Waals surface area contributed by atoms with Crippen LogP contribution >= 0.6 is 0 Å². The van der Waals surface area contributed by atoms with Crippen LogP contribution < -0.4 is 5.32 Å². The monoisotopic (exact) mass is 247 g/mol. The second-order valence-electron chi connectivity index (χ2n) is 4.47. The minimum Gasteiger partial charge on any atom is -0.396 e. The molecule has 96 valence electrons. The second-order valence-corrected chi connectivity index (χ2v) is 4.47. The van der Waals surface area contributed by atoms with Gasteiger partial charge in [0, 0.05) is 18.7 Å². The smallest absolute Gasteiger partial charge is 0.251 e. The van der Waals surface area contributed by atoms with E-state index in [9.17, 15) is 4.79 Å². The van der Waals surface area contributed by atoms with Gasteiger partial charge in [0.05, 0.1) is 17.4 Å². The van der Waals surface area contributed by atoms with Gasteiger partial charge in [0.1, 0.15) is 0 Å². The van der Waals surface area contributed by atoms with Gasteiger partial charge in [0.2, 0.25) is 0 Å². The summed E-state index contributed by atoms with van der Waals surface area (Å²) in [6.45, 7) is 2.67. The molecule has 0 bridgehead atoms. The lowest BCUT2D eigenvalue weighted by molar-refractivity contribution is 0.0949. The minimum absolute atomic E-state index is 0.100. The van der Waals surface area contributed by atoms with Crippen molar-refractivity contribution in [2.75, 3.05) is 13.2 Å². The van der Waals surface area contributed by atoms with Crippen molar-refractivity contribution < 1.29 is 9.90 Å². The lowest BCUT2D eigenvalue weighted by Gasteiger charge is -2.08. The van der Waals surface area contributed by atoms with Crippen molar-refractivity contribution in [2.24, 2.45) is 5.92 Å². The van der Waals surface area contributed by atoms with Crippen molar-refractivity contribution in [2.45, 2.75) is 13.3 Å². The van der Waals surface area contributed by atoms with E-state index in [1.54, 1.807) is 18.5 Å². The van der Waals surface area contributed by atoms with Gasteiger partial charge in [-0.2, -0.15) is 0 Å². The van der Waals surface area contributed by atoms with Crippen LogP contribution in [-0.2, 0) is 0 Å². The number of hydrogen-bond donors (Lipinski definition) is 3. The molecular formula is C13H17N3O2. The molecule has 0 saturated heterocycles. The fourth-order valence-corrected chi connectivity index (χ4v) is 1.70. The topological polar surface area (TPSA) is 78.0 Å². The SMILES string of the molecule is C[C@@H](CO)CCNC(=O)c1ccc2nc[nH]c2c1. The van der Waals surface area contributed by atoms with Crippen LogP contribution in [0, 0.1) is 5.92 Å². The molecule has 1 atom stereocenters. The zero-order chi connectivity index (χ0) is 13.0. The zero-order valence-electron chi connectivity index (χ0n) is 10.3. The molecule has 0 fully saturated rings.